The van der Waals surface area contributed by atoms with Gasteiger partial charge in [-0.1, -0.05) is 6.92 Å². The fourth-order valence-corrected chi connectivity index (χ4v) is 0.621. The molecule has 0 N–H and O–H groups in total. The van der Waals surface area contributed by atoms with E-state index in [4.69, 9.17) is 0 Å². The van der Waals surface area contributed by atoms with E-state index in [0.29, 0.717) is 0 Å². The van der Waals surface area contributed by atoms with Crippen molar-refractivity contribution in [1.29, 1.82) is 0 Å². The molecule has 0 bridgehead atoms. The van der Waals surface area contributed by atoms with E-state index in [9.17, 15) is 4.79 Å². The molecular weight excluding hydrogens is 158 g/mol. The average molecular weight is 166 g/mol. The molecule has 2 nitrogen and oxygen atoms in total. The molecule has 0 aromatic heterocycles. The minimum atomic E-state index is 0.753. The molecule has 1 amide bonds. The molecule has 0 spiro atoms. The summed E-state index contributed by atoms with van der Waals surface area (Å²) in [7, 11) is 0. The smallest absolute Gasteiger partial charge is 0.219 e. The zero-order valence-corrected chi connectivity index (χ0v) is 5.81. The second kappa shape index (κ2) is 4.12. The van der Waals surface area contributed by atoms with Crippen molar-refractivity contribution in [3.63, 3.8) is 0 Å². The highest BCUT2D eigenvalue weighted by Gasteiger charge is 1.87. The largest absolute Gasteiger partial charge is 0.282 e. The lowest BCUT2D eigenvalue weighted by molar-refractivity contribution is -0.113. The lowest BCUT2D eigenvalue weighted by Crippen LogP contribution is -2.08. The van der Waals surface area contributed by atoms with Crippen molar-refractivity contribution in [1.82, 2.24) is 3.93 Å². The molecule has 0 radical (unpaired) electrons. The number of halogens is 1. The monoisotopic (exact) mass is 165 g/mol. The fraction of sp³-hybridized carbons (Fsp3) is 0.750. The molecule has 0 rings (SSSR count). The van der Waals surface area contributed by atoms with Crippen LogP contribution in [-0.2, 0) is 4.79 Å². The Morgan fingerprint density at radius 2 is 2.43 bits per heavy atom. The van der Waals surface area contributed by atoms with Crippen molar-refractivity contribution in [2.45, 2.75) is 13.3 Å². The Kier molecular flexibility index (Phi) is 4.09. The van der Waals surface area contributed by atoms with E-state index in [2.05, 4.69) is 16.1 Å². The number of hydrogen-bond acceptors (Lipinski definition) is 1. The molecular formula is C4H8BrNO. The number of amides is 1. The second-order valence-corrected chi connectivity index (χ2v) is 2.14. The number of carbonyl (C=O) groups excluding carboxylic acids is 1. The van der Waals surface area contributed by atoms with Crippen LogP contribution in [-0.4, -0.2) is 16.9 Å². The van der Waals surface area contributed by atoms with E-state index >= 15 is 0 Å². The van der Waals surface area contributed by atoms with Gasteiger partial charge in [-0.3, -0.25) is 8.72 Å². The van der Waals surface area contributed by atoms with Crippen molar-refractivity contribution < 1.29 is 4.79 Å². The molecule has 7 heavy (non-hydrogen) atoms. The Labute approximate surface area is 51.8 Å². The molecule has 0 atom stereocenters. The summed E-state index contributed by atoms with van der Waals surface area (Å²) in [6.07, 6.45) is 1.74. The summed E-state index contributed by atoms with van der Waals surface area (Å²) in [5, 5.41) is 0. The highest BCUT2D eigenvalue weighted by atomic mass is 79.9. The van der Waals surface area contributed by atoms with Gasteiger partial charge in [-0.25, -0.2) is 0 Å². The minimum absolute atomic E-state index is 0.753. The topological polar surface area (TPSA) is 20.3 Å². The minimum Gasteiger partial charge on any atom is -0.282 e. The van der Waals surface area contributed by atoms with Gasteiger partial charge in [0.25, 0.3) is 0 Å². The van der Waals surface area contributed by atoms with E-state index < -0.39 is 0 Å². The van der Waals surface area contributed by atoms with E-state index in [1.807, 2.05) is 6.92 Å². The summed E-state index contributed by atoms with van der Waals surface area (Å²) in [4.78, 5) is 9.77. The van der Waals surface area contributed by atoms with Gasteiger partial charge in [0.2, 0.25) is 6.41 Å². The predicted octanol–water partition coefficient (Wildman–Crippen LogP) is 1.16. The lowest BCUT2D eigenvalue weighted by Gasteiger charge is -2.01. The number of carbonyl (C=O) groups is 1. The quantitative estimate of drug-likeness (QED) is 0.455. The Hall–Kier alpha value is -0.0500. The van der Waals surface area contributed by atoms with Crippen molar-refractivity contribution in [2.24, 2.45) is 0 Å². The van der Waals surface area contributed by atoms with Gasteiger partial charge in [0.1, 0.15) is 0 Å². The van der Waals surface area contributed by atoms with Crippen LogP contribution in [0.15, 0.2) is 0 Å². The molecule has 0 saturated carbocycles. The van der Waals surface area contributed by atoms with Crippen LogP contribution in [0.3, 0.4) is 0 Å². The Morgan fingerprint density at radius 3 is 2.57 bits per heavy atom. The highest BCUT2D eigenvalue weighted by molar-refractivity contribution is 9.07. The molecule has 0 unspecified atom stereocenters. The van der Waals surface area contributed by atoms with Crippen LogP contribution in [0.2, 0.25) is 0 Å². The van der Waals surface area contributed by atoms with Crippen LogP contribution >= 0.6 is 16.1 Å². The van der Waals surface area contributed by atoms with Crippen molar-refractivity contribution in [3.8, 4) is 0 Å². The summed E-state index contributed by atoms with van der Waals surface area (Å²) < 4.78 is 1.44. The SMILES string of the molecule is CCCN(Br)C=O. The first-order valence-electron chi connectivity index (χ1n) is 2.19. The summed E-state index contributed by atoms with van der Waals surface area (Å²) in [6, 6.07) is 0. The van der Waals surface area contributed by atoms with Crippen LogP contribution in [0.1, 0.15) is 13.3 Å². The number of hydrogen-bond donors (Lipinski definition) is 0. The van der Waals surface area contributed by atoms with Crippen molar-refractivity contribution in [2.75, 3.05) is 6.54 Å². The predicted molar refractivity (Wildman–Crippen MR) is 32.0 cm³/mol. The second-order valence-electron chi connectivity index (χ2n) is 1.23. The van der Waals surface area contributed by atoms with Crippen LogP contribution in [0.5, 0.6) is 0 Å². The molecule has 3 heteroatoms. The first-order valence-corrected chi connectivity index (χ1v) is 2.90. The first-order chi connectivity index (χ1) is 3.31. The molecule has 0 aromatic rings. The Balaban J connectivity index is 2.98. The standard InChI is InChI=1S/C4H8BrNO/c1-2-3-6(5)4-7/h4H,2-3H2,1H3. The number of nitrogens with zero attached hydrogens (tertiary/aromatic N) is 1. The van der Waals surface area contributed by atoms with Gasteiger partial charge in [0.05, 0.1) is 16.1 Å². The van der Waals surface area contributed by atoms with Crippen LogP contribution < -0.4 is 0 Å². The van der Waals surface area contributed by atoms with Crippen LogP contribution in [0.4, 0.5) is 0 Å². The Bertz CT molecular complexity index is 57.7. The van der Waals surface area contributed by atoms with E-state index in [1.54, 1.807) is 0 Å². The van der Waals surface area contributed by atoms with Crippen molar-refractivity contribution in [3.05, 3.63) is 0 Å². The van der Waals surface area contributed by atoms with Gasteiger partial charge >= 0.3 is 0 Å². The summed E-state index contributed by atoms with van der Waals surface area (Å²) in [5.41, 5.74) is 0. The average Bonchev–Trinajstić information content (AvgIpc) is 1.68. The maximum absolute atomic E-state index is 9.77. The molecule has 0 aliphatic rings. The van der Waals surface area contributed by atoms with Crippen LogP contribution in [0, 0.1) is 0 Å². The van der Waals surface area contributed by atoms with E-state index in [0.717, 1.165) is 19.4 Å². The molecule has 0 fully saturated rings. The molecule has 0 aromatic carbocycles. The third kappa shape index (κ3) is 3.79. The zero-order valence-electron chi connectivity index (χ0n) is 4.22. The first kappa shape index (κ1) is 6.95. The Morgan fingerprint density at radius 1 is 1.86 bits per heavy atom. The highest BCUT2D eigenvalue weighted by Crippen LogP contribution is 1.91. The van der Waals surface area contributed by atoms with Crippen molar-refractivity contribution >= 4 is 22.6 Å². The number of rotatable bonds is 3. The molecule has 0 aliphatic carbocycles. The van der Waals surface area contributed by atoms with Gasteiger partial charge in [-0.05, 0) is 6.42 Å². The maximum atomic E-state index is 9.77. The molecule has 0 aliphatic heterocycles. The van der Waals surface area contributed by atoms with Gasteiger partial charge in [-0.15, -0.1) is 0 Å². The summed E-state index contributed by atoms with van der Waals surface area (Å²) >= 11 is 3.00. The summed E-state index contributed by atoms with van der Waals surface area (Å²) in [6.45, 7) is 2.79. The third-order valence-electron chi connectivity index (χ3n) is 0.552. The van der Waals surface area contributed by atoms with Crippen LogP contribution in [0.25, 0.3) is 0 Å². The van der Waals surface area contributed by atoms with Gasteiger partial charge in [0, 0.05) is 6.54 Å². The van der Waals surface area contributed by atoms with E-state index in [-0.39, 0.29) is 0 Å². The molecule has 0 saturated heterocycles. The van der Waals surface area contributed by atoms with Gasteiger partial charge in [0.15, 0.2) is 0 Å². The van der Waals surface area contributed by atoms with Gasteiger partial charge in [-0.2, -0.15) is 0 Å². The zero-order chi connectivity index (χ0) is 5.70. The molecule has 42 valence electrons. The normalized spacial score (nSPS) is 8.29. The maximum Gasteiger partial charge on any atom is 0.219 e. The van der Waals surface area contributed by atoms with E-state index in [1.165, 1.54) is 3.93 Å². The third-order valence-corrected chi connectivity index (χ3v) is 1.07. The van der Waals surface area contributed by atoms with Gasteiger partial charge < -0.3 is 0 Å². The fourth-order valence-electron chi connectivity index (χ4n) is 0.266. The lowest BCUT2D eigenvalue weighted by atomic mass is 10.5. The summed E-state index contributed by atoms with van der Waals surface area (Å²) in [5.74, 6) is 0. The molecule has 0 heterocycles.